The molecule has 0 radical (unpaired) electrons. The van der Waals surface area contributed by atoms with Crippen molar-refractivity contribution in [2.45, 2.75) is 13.3 Å². The fraction of sp³-hybridized carbons (Fsp3) is 0.333. The Morgan fingerprint density at radius 1 is 1.50 bits per heavy atom. The number of anilines is 1. The number of aryl methyl sites for hydroxylation is 1. The van der Waals surface area contributed by atoms with Crippen LogP contribution < -0.4 is 5.32 Å². The number of aromatic nitrogens is 2. The van der Waals surface area contributed by atoms with E-state index in [1.165, 1.54) is 6.33 Å². The monoisotopic (exact) mass is 231 g/mol. The number of nitrogens with one attached hydrogen (secondary N) is 1. The van der Waals surface area contributed by atoms with Crippen molar-refractivity contribution in [3.05, 3.63) is 28.7 Å². The molecule has 0 aliphatic rings. The van der Waals surface area contributed by atoms with E-state index in [9.17, 15) is 0 Å². The average molecular weight is 232 g/mol. The summed E-state index contributed by atoms with van der Waals surface area (Å²) in [6.45, 7) is 2.60. The fourth-order valence-electron chi connectivity index (χ4n) is 0.920. The standard InChI is InChI=1S/C9H11Cl2N3/c1-2-7-5-9(14-6-13-7)12-4-3-8(10)11/h3,5-6H,2,4H2,1H3,(H,12,13,14). The maximum absolute atomic E-state index is 5.46. The molecule has 0 bridgehead atoms. The van der Waals surface area contributed by atoms with Crippen molar-refractivity contribution in [1.29, 1.82) is 0 Å². The molecule has 0 spiro atoms. The summed E-state index contributed by atoms with van der Waals surface area (Å²) in [6.07, 6.45) is 4.09. The van der Waals surface area contributed by atoms with Gasteiger partial charge in [0.25, 0.3) is 0 Å². The maximum Gasteiger partial charge on any atom is 0.129 e. The van der Waals surface area contributed by atoms with E-state index >= 15 is 0 Å². The smallest absolute Gasteiger partial charge is 0.129 e. The molecule has 0 saturated heterocycles. The first-order chi connectivity index (χ1) is 6.72. The van der Waals surface area contributed by atoms with Gasteiger partial charge in [-0.1, -0.05) is 30.1 Å². The summed E-state index contributed by atoms with van der Waals surface area (Å²) < 4.78 is 0.252. The van der Waals surface area contributed by atoms with Crippen LogP contribution in [0.5, 0.6) is 0 Å². The second-order valence-electron chi connectivity index (χ2n) is 2.62. The molecule has 3 nitrogen and oxygen atoms in total. The number of hydrogen-bond acceptors (Lipinski definition) is 3. The van der Waals surface area contributed by atoms with E-state index in [0.717, 1.165) is 17.9 Å². The van der Waals surface area contributed by atoms with E-state index in [2.05, 4.69) is 15.3 Å². The summed E-state index contributed by atoms with van der Waals surface area (Å²) in [5, 5.41) is 3.05. The largest absolute Gasteiger partial charge is 0.366 e. The zero-order valence-electron chi connectivity index (χ0n) is 7.80. The van der Waals surface area contributed by atoms with Crippen LogP contribution in [0.1, 0.15) is 12.6 Å². The van der Waals surface area contributed by atoms with Crippen LogP contribution in [0.25, 0.3) is 0 Å². The number of rotatable bonds is 4. The van der Waals surface area contributed by atoms with Crippen LogP contribution in [0.15, 0.2) is 23.0 Å². The Morgan fingerprint density at radius 3 is 2.93 bits per heavy atom. The minimum Gasteiger partial charge on any atom is -0.366 e. The van der Waals surface area contributed by atoms with Crippen molar-refractivity contribution < 1.29 is 0 Å². The van der Waals surface area contributed by atoms with E-state index in [4.69, 9.17) is 23.2 Å². The van der Waals surface area contributed by atoms with Gasteiger partial charge in [0.05, 0.1) is 0 Å². The van der Waals surface area contributed by atoms with Gasteiger partial charge in [-0.2, -0.15) is 0 Å². The van der Waals surface area contributed by atoms with Crippen molar-refractivity contribution in [1.82, 2.24) is 9.97 Å². The quantitative estimate of drug-likeness (QED) is 0.867. The van der Waals surface area contributed by atoms with Gasteiger partial charge in [0.1, 0.15) is 16.6 Å². The lowest BCUT2D eigenvalue weighted by Crippen LogP contribution is -2.02. The zero-order valence-corrected chi connectivity index (χ0v) is 9.31. The molecule has 1 heterocycles. The predicted octanol–water partition coefficient (Wildman–Crippen LogP) is 2.77. The molecule has 0 unspecified atom stereocenters. The summed E-state index contributed by atoms with van der Waals surface area (Å²) in [6, 6.07) is 1.90. The van der Waals surface area contributed by atoms with E-state index in [0.29, 0.717) is 6.54 Å². The normalized spacial score (nSPS) is 9.64. The van der Waals surface area contributed by atoms with E-state index in [1.54, 1.807) is 6.08 Å². The molecule has 0 atom stereocenters. The number of nitrogens with zero attached hydrogens (tertiary/aromatic N) is 2. The second kappa shape index (κ2) is 5.83. The number of hydrogen-bond donors (Lipinski definition) is 1. The second-order valence-corrected chi connectivity index (χ2v) is 3.63. The first kappa shape index (κ1) is 11.3. The fourth-order valence-corrected chi connectivity index (χ4v) is 1.07. The highest BCUT2D eigenvalue weighted by atomic mass is 35.5. The molecular formula is C9H11Cl2N3. The van der Waals surface area contributed by atoms with Crippen LogP contribution in [-0.4, -0.2) is 16.5 Å². The summed E-state index contributed by atoms with van der Waals surface area (Å²) in [5.74, 6) is 0.780. The Morgan fingerprint density at radius 2 is 2.29 bits per heavy atom. The minimum atomic E-state index is 0.252. The number of halogens is 2. The van der Waals surface area contributed by atoms with E-state index < -0.39 is 0 Å². The van der Waals surface area contributed by atoms with Gasteiger partial charge in [0.15, 0.2) is 0 Å². The van der Waals surface area contributed by atoms with Crippen LogP contribution in [0.4, 0.5) is 5.82 Å². The lowest BCUT2D eigenvalue weighted by atomic mass is 10.3. The molecule has 0 amide bonds. The first-order valence-electron chi connectivity index (χ1n) is 4.28. The molecule has 76 valence electrons. The third-order valence-corrected chi connectivity index (χ3v) is 1.93. The van der Waals surface area contributed by atoms with E-state index in [1.807, 2.05) is 13.0 Å². The molecule has 0 aliphatic carbocycles. The van der Waals surface area contributed by atoms with Gasteiger partial charge in [0.2, 0.25) is 0 Å². The molecule has 0 fully saturated rings. The Labute approximate surface area is 93.2 Å². The van der Waals surface area contributed by atoms with Crippen molar-refractivity contribution >= 4 is 29.0 Å². The first-order valence-corrected chi connectivity index (χ1v) is 5.04. The molecule has 1 aromatic rings. The highest BCUT2D eigenvalue weighted by Gasteiger charge is 1.94. The Hall–Kier alpha value is -0.800. The Bertz CT molecular complexity index is 322. The molecule has 0 aliphatic heterocycles. The van der Waals surface area contributed by atoms with Crippen molar-refractivity contribution in [2.75, 3.05) is 11.9 Å². The van der Waals surface area contributed by atoms with Crippen LogP contribution in [0, 0.1) is 0 Å². The summed E-state index contributed by atoms with van der Waals surface area (Å²) >= 11 is 10.9. The molecule has 0 aromatic carbocycles. The maximum atomic E-state index is 5.46. The van der Waals surface area contributed by atoms with Gasteiger partial charge in [-0.3, -0.25) is 0 Å². The lowest BCUT2D eigenvalue weighted by molar-refractivity contribution is 0.995. The van der Waals surface area contributed by atoms with Crippen molar-refractivity contribution in [3.63, 3.8) is 0 Å². The SMILES string of the molecule is CCc1cc(NCC=C(Cl)Cl)ncn1. The molecule has 5 heteroatoms. The Balaban J connectivity index is 2.54. The summed E-state index contributed by atoms with van der Waals surface area (Å²) in [7, 11) is 0. The van der Waals surface area contributed by atoms with Crippen LogP contribution >= 0.6 is 23.2 Å². The van der Waals surface area contributed by atoms with Crippen molar-refractivity contribution in [3.8, 4) is 0 Å². The van der Waals surface area contributed by atoms with Gasteiger partial charge in [-0.15, -0.1) is 0 Å². The molecule has 1 aromatic heterocycles. The molecule has 1 N–H and O–H groups in total. The highest BCUT2D eigenvalue weighted by molar-refractivity contribution is 6.55. The predicted molar refractivity (Wildman–Crippen MR) is 59.7 cm³/mol. The molecule has 14 heavy (non-hydrogen) atoms. The Kier molecular flexibility index (Phi) is 4.70. The lowest BCUT2D eigenvalue weighted by Gasteiger charge is -2.02. The van der Waals surface area contributed by atoms with Crippen molar-refractivity contribution in [2.24, 2.45) is 0 Å². The van der Waals surface area contributed by atoms with Crippen LogP contribution in [0.3, 0.4) is 0 Å². The highest BCUT2D eigenvalue weighted by Crippen LogP contribution is 2.07. The third kappa shape index (κ3) is 3.94. The van der Waals surface area contributed by atoms with Gasteiger partial charge in [-0.05, 0) is 12.5 Å². The summed E-state index contributed by atoms with van der Waals surface area (Å²) in [5.41, 5.74) is 1.00. The van der Waals surface area contributed by atoms with Gasteiger partial charge < -0.3 is 5.32 Å². The molecule has 1 rings (SSSR count). The van der Waals surface area contributed by atoms with Crippen LogP contribution in [-0.2, 0) is 6.42 Å². The minimum absolute atomic E-state index is 0.252. The van der Waals surface area contributed by atoms with E-state index in [-0.39, 0.29) is 4.49 Å². The topological polar surface area (TPSA) is 37.8 Å². The van der Waals surface area contributed by atoms with Gasteiger partial charge in [0, 0.05) is 18.3 Å². The zero-order chi connectivity index (χ0) is 10.4. The molecule has 0 saturated carbocycles. The molecular weight excluding hydrogens is 221 g/mol. The van der Waals surface area contributed by atoms with Gasteiger partial charge in [-0.25, -0.2) is 9.97 Å². The average Bonchev–Trinajstić information content (AvgIpc) is 2.18. The third-order valence-electron chi connectivity index (χ3n) is 1.63. The van der Waals surface area contributed by atoms with Crippen LogP contribution in [0.2, 0.25) is 0 Å². The summed E-state index contributed by atoms with van der Waals surface area (Å²) in [4.78, 5) is 8.13. The van der Waals surface area contributed by atoms with Gasteiger partial charge >= 0.3 is 0 Å².